The molecule has 0 amide bonds. The lowest BCUT2D eigenvalue weighted by Crippen LogP contribution is -1.99. The van der Waals surface area contributed by atoms with Gasteiger partial charge < -0.3 is 5.11 Å². The first kappa shape index (κ1) is 15.1. The molecular formula is C15H17NO2S2. The average molecular weight is 307 g/mol. The lowest BCUT2D eigenvalue weighted by molar-refractivity contribution is -0.136. The molecule has 0 radical (unpaired) electrons. The molecule has 0 spiro atoms. The minimum atomic E-state index is -0.794. The highest BCUT2D eigenvalue weighted by Crippen LogP contribution is 2.28. The number of nitrogens with zero attached hydrogens (tertiary/aromatic N) is 1. The van der Waals surface area contributed by atoms with Gasteiger partial charge in [-0.1, -0.05) is 42.1 Å². The number of carboxylic acids is 1. The Bertz CT molecular complexity index is 567. The van der Waals surface area contributed by atoms with Crippen LogP contribution >= 0.6 is 23.1 Å². The van der Waals surface area contributed by atoms with Crippen LogP contribution in [0.25, 0.3) is 0 Å². The number of hydrogen-bond acceptors (Lipinski definition) is 4. The fraction of sp³-hybridized carbons (Fsp3) is 0.333. The number of rotatable bonds is 7. The van der Waals surface area contributed by atoms with E-state index in [-0.39, 0.29) is 6.42 Å². The first-order valence-corrected chi connectivity index (χ1v) is 8.30. The zero-order valence-electron chi connectivity index (χ0n) is 11.3. The summed E-state index contributed by atoms with van der Waals surface area (Å²) in [7, 11) is 0. The van der Waals surface area contributed by atoms with Crippen LogP contribution in [-0.2, 0) is 17.6 Å². The molecule has 106 valence electrons. The van der Waals surface area contributed by atoms with Crippen molar-refractivity contribution < 1.29 is 9.90 Å². The van der Waals surface area contributed by atoms with Crippen molar-refractivity contribution in [1.82, 2.24) is 4.98 Å². The Kier molecular flexibility index (Phi) is 5.61. The third-order valence-corrected chi connectivity index (χ3v) is 5.25. The van der Waals surface area contributed by atoms with E-state index in [1.54, 1.807) is 11.8 Å². The van der Waals surface area contributed by atoms with Crippen LogP contribution in [0.4, 0.5) is 0 Å². The Balaban J connectivity index is 1.78. The van der Waals surface area contributed by atoms with Crippen molar-refractivity contribution in [3.8, 4) is 0 Å². The van der Waals surface area contributed by atoms with E-state index < -0.39 is 5.97 Å². The van der Waals surface area contributed by atoms with Gasteiger partial charge in [-0.15, -0.1) is 11.3 Å². The smallest absolute Gasteiger partial charge is 0.308 e. The molecule has 1 aromatic carbocycles. The number of thioether (sulfide) groups is 1. The number of hydrogen-bond donors (Lipinski definition) is 1. The maximum absolute atomic E-state index is 10.7. The van der Waals surface area contributed by atoms with Crippen LogP contribution in [0.5, 0.6) is 0 Å². The van der Waals surface area contributed by atoms with Crippen LogP contribution in [0.1, 0.15) is 22.6 Å². The largest absolute Gasteiger partial charge is 0.481 e. The second kappa shape index (κ2) is 7.45. The van der Waals surface area contributed by atoms with Crippen molar-refractivity contribution in [1.29, 1.82) is 0 Å². The van der Waals surface area contributed by atoms with Gasteiger partial charge in [0.05, 0.1) is 12.1 Å². The molecule has 1 heterocycles. The summed E-state index contributed by atoms with van der Waals surface area (Å²) in [5, 5.41) is 8.81. The number of aryl methyl sites for hydroxylation is 2. The zero-order valence-corrected chi connectivity index (χ0v) is 13.0. The van der Waals surface area contributed by atoms with Crippen molar-refractivity contribution in [3.63, 3.8) is 0 Å². The molecule has 1 N–H and O–H groups in total. The second-order valence-corrected chi connectivity index (χ2v) is 6.92. The van der Waals surface area contributed by atoms with Gasteiger partial charge >= 0.3 is 5.97 Å². The molecule has 0 aliphatic heterocycles. The highest BCUT2D eigenvalue weighted by atomic mass is 32.2. The average Bonchev–Trinajstić information content (AvgIpc) is 2.76. The number of aromatic nitrogens is 1. The maximum atomic E-state index is 10.7. The molecule has 5 heteroatoms. The van der Waals surface area contributed by atoms with Crippen LogP contribution < -0.4 is 0 Å². The van der Waals surface area contributed by atoms with Gasteiger partial charge in [0.25, 0.3) is 0 Å². The Morgan fingerprint density at radius 1 is 1.35 bits per heavy atom. The third kappa shape index (κ3) is 4.65. The first-order chi connectivity index (χ1) is 9.65. The van der Waals surface area contributed by atoms with Crippen LogP contribution in [0.2, 0.25) is 0 Å². The van der Waals surface area contributed by atoms with Gasteiger partial charge in [0.1, 0.15) is 4.34 Å². The van der Waals surface area contributed by atoms with Crippen molar-refractivity contribution in [2.24, 2.45) is 0 Å². The van der Waals surface area contributed by atoms with E-state index in [4.69, 9.17) is 5.11 Å². The molecule has 0 bridgehead atoms. The SMILES string of the molecule is Cc1nc(SCCCc2ccccc2)sc1CC(=O)O. The minimum absolute atomic E-state index is 0.0775. The van der Waals surface area contributed by atoms with Gasteiger partial charge in [-0.2, -0.15) is 0 Å². The lowest BCUT2D eigenvalue weighted by atomic mass is 10.1. The van der Waals surface area contributed by atoms with E-state index in [0.29, 0.717) is 0 Å². The maximum Gasteiger partial charge on any atom is 0.308 e. The summed E-state index contributed by atoms with van der Waals surface area (Å²) in [5.74, 6) is 0.214. The van der Waals surface area contributed by atoms with Crippen LogP contribution in [0, 0.1) is 6.92 Å². The van der Waals surface area contributed by atoms with Gasteiger partial charge in [-0.25, -0.2) is 4.98 Å². The molecular weight excluding hydrogens is 290 g/mol. The van der Waals surface area contributed by atoms with Crippen molar-refractivity contribution >= 4 is 29.1 Å². The second-order valence-electron chi connectivity index (χ2n) is 4.50. The fourth-order valence-corrected chi connectivity index (χ4v) is 4.08. The number of aliphatic carboxylic acids is 1. The van der Waals surface area contributed by atoms with Crippen LogP contribution in [-0.4, -0.2) is 21.8 Å². The Hall–Kier alpha value is -1.33. The number of carbonyl (C=O) groups is 1. The van der Waals surface area contributed by atoms with Crippen molar-refractivity contribution in [2.75, 3.05) is 5.75 Å². The molecule has 20 heavy (non-hydrogen) atoms. The molecule has 0 saturated carbocycles. The quantitative estimate of drug-likeness (QED) is 0.624. The lowest BCUT2D eigenvalue weighted by Gasteiger charge is -1.99. The van der Waals surface area contributed by atoms with Gasteiger partial charge in [0, 0.05) is 10.6 Å². The Morgan fingerprint density at radius 3 is 2.80 bits per heavy atom. The molecule has 0 aliphatic rings. The molecule has 2 rings (SSSR count). The molecule has 3 nitrogen and oxygen atoms in total. The Morgan fingerprint density at radius 2 is 2.10 bits per heavy atom. The molecule has 2 aromatic rings. The van der Waals surface area contributed by atoms with Crippen molar-refractivity contribution in [2.45, 2.75) is 30.5 Å². The van der Waals surface area contributed by atoms with Crippen molar-refractivity contribution in [3.05, 3.63) is 46.5 Å². The summed E-state index contributed by atoms with van der Waals surface area (Å²) in [6.45, 7) is 1.88. The van der Waals surface area contributed by atoms with Gasteiger partial charge in [0.15, 0.2) is 0 Å². The van der Waals surface area contributed by atoms with E-state index in [1.807, 2.05) is 13.0 Å². The topological polar surface area (TPSA) is 50.2 Å². The van der Waals surface area contributed by atoms with Gasteiger partial charge in [-0.3, -0.25) is 4.79 Å². The molecule has 0 aliphatic carbocycles. The summed E-state index contributed by atoms with van der Waals surface area (Å²) < 4.78 is 0.979. The van der Waals surface area contributed by atoms with Gasteiger partial charge in [-0.05, 0) is 25.3 Å². The fourth-order valence-electron chi connectivity index (χ4n) is 1.84. The summed E-state index contributed by atoms with van der Waals surface area (Å²) in [5.41, 5.74) is 2.21. The van der Waals surface area contributed by atoms with E-state index in [0.717, 1.165) is 33.5 Å². The van der Waals surface area contributed by atoms with E-state index in [2.05, 4.69) is 29.2 Å². The highest BCUT2D eigenvalue weighted by molar-refractivity contribution is 8.01. The normalized spacial score (nSPS) is 10.7. The molecule has 0 saturated heterocycles. The summed E-state index contributed by atoms with van der Waals surface area (Å²) in [6.07, 6.45) is 2.25. The van der Waals surface area contributed by atoms with E-state index >= 15 is 0 Å². The molecule has 0 unspecified atom stereocenters. The molecule has 0 atom stereocenters. The molecule has 0 fully saturated rings. The predicted molar refractivity (Wildman–Crippen MR) is 83.7 cm³/mol. The summed E-state index contributed by atoms with van der Waals surface area (Å²) in [4.78, 5) is 16.0. The Labute approximate surface area is 127 Å². The summed E-state index contributed by atoms with van der Waals surface area (Å²) in [6, 6.07) is 10.4. The minimum Gasteiger partial charge on any atom is -0.481 e. The standard InChI is InChI=1S/C15H17NO2S2/c1-11-13(10-14(17)18)20-15(16-11)19-9-5-8-12-6-3-2-4-7-12/h2-4,6-7H,5,8-10H2,1H3,(H,17,18). The predicted octanol–water partition coefficient (Wildman–Crippen LogP) is 3.80. The summed E-state index contributed by atoms with van der Waals surface area (Å²) >= 11 is 3.22. The van der Waals surface area contributed by atoms with Crippen LogP contribution in [0.15, 0.2) is 34.7 Å². The number of carboxylic acid groups (broad SMARTS) is 1. The zero-order chi connectivity index (χ0) is 14.4. The molecule has 1 aromatic heterocycles. The number of thiazole rings is 1. The van der Waals surface area contributed by atoms with Crippen LogP contribution in [0.3, 0.4) is 0 Å². The van der Waals surface area contributed by atoms with E-state index in [1.165, 1.54) is 16.9 Å². The monoisotopic (exact) mass is 307 g/mol. The first-order valence-electron chi connectivity index (χ1n) is 6.50. The number of benzene rings is 1. The highest BCUT2D eigenvalue weighted by Gasteiger charge is 2.11. The van der Waals surface area contributed by atoms with E-state index in [9.17, 15) is 4.79 Å². The van der Waals surface area contributed by atoms with Gasteiger partial charge in [0.2, 0.25) is 0 Å². The third-order valence-electron chi connectivity index (χ3n) is 2.86.